The van der Waals surface area contributed by atoms with Crippen molar-refractivity contribution in [2.24, 2.45) is 0 Å². The average molecular weight is 432 g/mol. The van der Waals surface area contributed by atoms with Crippen molar-refractivity contribution >= 4 is 30.8 Å². The van der Waals surface area contributed by atoms with Crippen LogP contribution in [0.4, 0.5) is 0 Å². The number of benzene rings is 2. The van der Waals surface area contributed by atoms with E-state index in [2.05, 4.69) is 0 Å². The molecule has 0 aromatic heterocycles. The Labute approximate surface area is 139 Å². The van der Waals surface area contributed by atoms with Crippen molar-refractivity contribution in [1.82, 2.24) is 0 Å². The van der Waals surface area contributed by atoms with Gasteiger partial charge < -0.3 is 0 Å². The summed E-state index contributed by atoms with van der Waals surface area (Å²) in [5.41, 5.74) is 1.50. The van der Waals surface area contributed by atoms with E-state index in [9.17, 15) is 8.42 Å². The molecule has 0 amide bonds. The SMILES string of the molecule is Cc1ccc(S(=O)(=O)OI2OC(C)(C)c3ccccc32)cc1. The molecule has 0 fully saturated rings. The second kappa shape index (κ2) is 5.59. The third-order valence-corrected chi connectivity index (χ3v) is 10.3. The molecule has 1 aliphatic heterocycles. The normalized spacial score (nSPS) is 18.2. The molecule has 0 aliphatic carbocycles. The first-order valence-electron chi connectivity index (χ1n) is 6.80. The number of halogens is 1. The molecule has 0 saturated heterocycles. The molecule has 22 heavy (non-hydrogen) atoms. The van der Waals surface area contributed by atoms with E-state index < -0.39 is 36.4 Å². The van der Waals surface area contributed by atoms with Crippen LogP contribution in [0.5, 0.6) is 0 Å². The van der Waals surface area contributed by atoms with E-state index in [1.54, 1.807) is 24.3 Å². The van der Waals surface area contributed by atoms with Gasteiger partial charge in [0.15, 0.2) is 0 Å². The van der Waals surface area contributed by atoms with Gasteiger partial charge in [-0.1, -0.05) is 0 Å². The summed E-state index contributed by atoms with van der Waals surface area (Å²) in [6.45, 7) is 5.78. The van der Waals surface area contributed by atoms with Gasteiger partial charge in [-0.05, 0) is 0 Å². The second-order valence-electron chi connectivity index (χ2n) is 5.61. The van der Waals surface area contributed by atoms with Crippen molar-refractivity contribution in [2.45, 2.75) is 31.3 Å². The van der Waals surface area contributed by atoms with Crippen molar-refractivity contribution in [2.75, 3.05) is 0 Å². The Morgan fingerprint density at radius 1 is 1.05 bits per heavy atom. The summed E-state index contributed by atoms with van der Waals surface area (Å²) in [5, 5.41) is 0. The van der Waals surface area contributed by atoms with Crippen molar-refractivity contribution in [3.63, 3.8) is 0 Å². The summed E-state index contributed by atoms with van der Waals surface area (Å²) in [6, 6.07) is 14.3. The van der Waals surface area contributed by atoms with Gasteiger partial charge in [0.05, 0.1) is 0 Å². The van der Waals surface area contributed by atoms with E-state index in [0.717, 1.165) is 14.7 Å². The van der Waals surface area contributed by atoms with Crippen LogP contribution in [0.2, 0.25) is 0 Å². The van der Waals surface area contributed by atoms with Crippen LogP contribution in [0.1, 0.15) is 25.0 Å². The van der Waals surface area contributed by atoms with E-state index in [1.807, 2.05) is 45.0 Å². The first kappa shape index (κ1) is 15.9. The van der Waals surface area contributed by atoms with Gasteiger partial charge in [-0.25, -0.2) is 0 Å². The zero-order valence-corrected chi connectivity index (χ0v) is 15.5. The van der Waals surface area contributed by atoms with Crippen LogP contribution in [0.25, 0.3) is 0 Å². The van der Waals surface area contributed by atoms with Gasteiger partial charge in [0, 0.05) is 0 Å². The Morgan fingerprint density at radius 2 is 1.68 bits per heavy atom. The zero-order chi connectivity index (χ0) is 16.0. The van der Waals surface area contributed by atoms with Crippen LogP contribution in [0, 0.1) is 10.5 Å². The summed E-state index contributed by atoms with van der Waals surface area (Å²) in [7, 11) is -3.81. The van der Waals surface area contributed by atoms with Gasteiger partial charge in [0.2, 0.25) is 0 Å². The predicted molar refractivity (Wildman–Crippen MR) is 92.7 cm³/mol. The number of fused-ring (bicyclic) bond motifs is 1. The fourth-order valence-corrected chi connectivity index (χ4v) is 8.99. The molecule has 4 nitrogen and oxygen atoms in total. The molecule has 1 heterocycles. The summed E-state index contributed by atoms with van der Waals surface area (Å²) in [4.78, 5) is 0.168. The van der Waals surface area contributed by atoms with Gasteiger partial charge >= 0.3 is 139 Å². The first-order chi connectivity index (χ1) is 10.3. The third-order valence-electron chi connectivity index (χ3n) is 3.40. The molecule has 2 aromatic carbocycles. The zero-order valence-electron chi connectivity index (χ0n) is 12.5. The summed E-state index contributed by atoms with van der Waals surface area (Å²) >= 11 is -2.70. The van der Waals surface area contributed by atoms with Crippen LogP contribution in [0.3, 0.4) is 0 Å². The molecule has 3 rings (SSSR count). The number of hydrogen-bond acceptors (Lipinski definition) is 4. The molecule has 6 heteroatoms. The Kier molecular flexibility index (Phi) is 4.05. The molecule has 0 spiro atoms. The quantitative estimate of drug-likeness (QED) is 0.684. The first-order valence-corrected chi connectivity index (χ1v) is 11.1. The van der Waals surface area contributed by atoms with Crippen molar-refractivity contribution in [3.05, 3.63) is 63.2 Å². The van der Waals surface area contributed by atoms with Crippen molar-refractivity contribution < 1.29 is 14.0 Å². The van der Waals surface area contributed by atoms with Gasteiger partial charge in [-0.15, -0.1) is 0 Å². The van der Waals surface area contributed by atoms with Gasteiger partial charge in [0.25, 0.3) is 0 Å². The Balaban J connectivity index is 1.92. The topological polar surface area (TPSA) is 52.6 Å². The molecule has 1 aliphatic rings. The fraction of sp³-hybridized carbons (Fsp3) is 0.250. The maximum absolute atomic E-state index is 12.5. The Morgan fingerprint density at radius 3 is 2.36 bits per heavy atom. The molecular weight excluding hydrogens is 415 g/mol. The average Bonchev–Trinajstić information content (AvgIpc) is 2.71. The van der Waals surface area contributed by atoms with Gasteiger partial charge in [-0.2, -0.15) is 0 Å². The monoisotopic (exact) mass is 432 g/mol. The molecule has 0 atom stereocenters. The molecule has 0 N–H and O–H groups in total. The number of aryl methyl sites for hydroxylation is 1. The summed E-state index contributed by atoms with van der Waals surface area (Å²) in [6.07, 6.45) is 0. The van der Waals surface area contributed by atoms with Crippen LogP contribution in [-0.2, 0) is 21.3 Å². The molecule has 0 saturated carbocycles. The third kappa shape index (κ3) is 2.92. The van der Waals surface area contributed by atoms with E-state index in [0.29, 0.717) is 0 Å². The van der Waals surface area contributed by atoms with Gasteiger partial charge in [0.1, 0.15) is 0 Å². The van der Waals surface area contributed by atoms with Gasteiger partial charge in [-0.3, -0.25) is 0 Å². The Hall–Kier alpha value is -0.960. The van der Waals surface area contributed by atoms with E-state index in [4.69, 9.17) is 5.58 Å². The molecule has 0 radical (unpaired) electrons. The fourth-order valence-electron chi connectivity index (χ4n) is 2.21. The minimum atomic E-state index is -3.81. The van der Waals surface area contributed by atoms with Crippen LogP contribution in [0.15, 0.2) is 53.4 Å². The standard InChI is InChI=1S/C16H17IO4S/c1-12-8-10-13(11-9-12)22(18,19)21-17-15-7-5-4-6-14(15)16(2,3)20-17/h4-11H,1-3H3. The van der Waals surface area contributed by atoms with Crippen LogP contribution < -0.4 is 0 Å². The van der Waals surface area contributed by atoms with E-state index in [1.165, 1.54) is 0 Å². The minimum absolute atomic E-state index is 0.168. The molecule has 0 bridgehead atoms. The van der Waals surface area contributed by atoms with E-state index in [-0.39, 0.29) is 4.90 Å². The summed E-state index contributed by atoms with van der Waals surface area (Å²) < 4.78 is 37.3. The van der Waals surface area contributed by atoms with E-state index >= 15 is 0 Å². The van der Waals surface area contributed by atoms with Crippen LogP contribution >= 0.6 is 20.6 Å². The molecule has 118 valence electrons. The molecular formula is C16H17IO4S. The van der Waals surface area contributed by atoms with Crippen molar-refractivity contribution in [1.29, 1.82) is 0 Å². The molecule has 0 unspecified atom stereocenters. The maximum atomic E-state index is 12.5. The Bertz CT molecular complexity index is 797. The number of hydrogen-bond donors (Lipinski definition) is 0. The molecule has 2 aromatic rings. The van der Waals surface area contributed by atoms with Crippen molar-refractivity contribution in [3.8, 4) is 0 Å². The summed E-state index contributed by atoms with van der Waals surface area (Å²) in [5.74, 6) is 0. The second-order valence-corrected chi connectivity index (χ2v) is 11.0. The predicted octanol–water partition coefficient (Wildman–Crippen LogP) is 4.17. The van der Waals surface area contributed by atoms with Crippen LogP contribution in [-0.4, -0.2) is 8.42 Å². The number of rotatable bonds is 3.